The van der Waals surface area contributed by atoms with E-state index in [4.69, 9.17) is 16.3 Å². The fourth-order valence-electron chi connectivity index (χ4n) is 3.55. The van der Waals surface area contributed by atoms with Crippen LogP contribution in [0, 0.1) is 0 Å². The number of benzene rings is 3. The molecule has 1 amide bonds. The van der Waals surface area contributed by atoms with Crippen molar-refractivity contribution in [2.45, 2.75) is 37.2 Å². The van der Waals surface area contributed by atoms with Gasteiger partial charge in [-0.25, -0.2) is 8.42 Å². The van der Waals surface area contributed by atoms with Gasteiger partial charge < -0.3 is 10.1 Å². The third kappa shape index (κ3) is 7.06. The number of amides is 1. The molecule has 0 unspecified atom stereocenters. The first kappa shape index (κ1) is 25.7. The summed E-state index contributed by atoms with van der Waals surface area (Å²) in [5.41, 5.74) is 1.96. The van der Waals surface area contributed by atoms with Crippen molar-refractivity contribution in [2.24, 2.45) is 0 Å². The van der Waals surface area contributed by atoms with Crippen LogP contribution in [0.4, 0.5) is 0 Å². The summed E-state index contributed by atoms with van der Waals surface area (Å²) in [4.78, 5) is 12.8. The number of hydrogen-bond acceptors (Lipinski definition) is 4. The van der Waals surface area contributed by atoms with Gasteiger partial charge in [0, 0.05) is 12.6 Å². The standard InChI is InChI=1S/C26H29ClN2O4S/c1-20(13-14-21-9-5-3-6-10-21)28-26(30)19-29(18-22-11-7-4-8-12-22)34(31,32)23-15-16-25(33-2)24(27)17-23/h3-12,15-17,20H,13-14,18-19H2,1-2H3,(H,28,30)/t20-/m1/s1. The number of aryl methyl sites for hydroxylation is 1. The number of nitrogens with one attached hydrogen (secondary N) is 1. The number of methoxy groups -OCH3 is 1. The highest BCUT2D eigenvalue weighted by atomic mass is 35.5. The Kier molecular flexibility index (Phi) is 9.10. The first-order valence-corrected chi connectivity index (χ1v) is 12.8. The Morgan fingerprint density at radius 1 is 1.00 bits per heavy atom. The number of rotatable bonds is 11. The van der Waals surface area contributed by atoms with E-state index in [9.17, 15) is 13.2 Å². The van der Waals surface area contributed by atoms with E-state index in [0.29, 0.717) is 5.75 Å². The van der Waals surface area contributed by atoms with Gasteiger partial charge in [-0.3, -0.25) is 4.79 Å². The van der Waals surface area contributed by atoms with Crippen LogP contribution in [0.3, 0.4) is 0 Å². The molecule has 0 saturated heterocycles. The second-order valence-electron chi connectivity index (χ2n) is 8.05. The summed E-state index contributed by atoms with van der Waals surface area (Å²) in [5.74, 6) is 0.0138. The molecule has 8 heteroatoms. The van der Waals surface area contributed by atoms with E-state index in [0.717, 1.165) is 18.4 Å². The predicted octanol–water partition coefficient (Wildman–Crippen LogP) is 4.68. The molecule has 0 spiro atoms. The lowest BCUT2D eigenvalue weighted by molar-refractivity contribution is -0.122. The van der Waals surface area contributed by atoms with Crippen LogP contribution in [0.15, 0.2) is 83.8 Å². The zero-order valence-corrected chi connectivity index (χ0v) is 20.9. The van der Waals surface area contributed by atoms with E-state index in [-0.39, 0.29) is 35.0 Å². The summed E-state index contributed by atoms with van der Waals surface area (Å²) in [6.45, 7) is 1.66. The van der Waals surface area contributed by atoms with E-state index in [2.05, 4.69) is 5.32 Å². The number of ether oxygens (including phenoxy) is 1. The maximum atomic E-state index is 13.5. The Hall–Kier alpha value is -2.87. The van der Waals surface area contributed by atoms with Crippen molar-refractivity contribution in [3.63, 3.8) is 0 Å². The molecule has 0 aromatic heterocycles. The van der Waals surface area contributed by atoms with Crippen molar-refractivity contribution in [2.75, 3.05) is 13.7 Å². The van der Waals surface area contributed by atoms with Crippen LogP contribution in [-0.2, 0) is 27.8 Å². The lowest BCUT2D eigenvalue weighted by Crippen LogP contribution is -2.43. The number of nitrogens with zero attached hydrogens (tertiary/aromatic N) is 1. The Bertz CT molecular complexity index is 1190. The average molecular weight is 501 g/mol. The third-order valence-corrected chi connectivity index (χ3v) is 7.48. The molecule has 0 fully saturated rings. The molecule has 1 N–H and O–H groups in total. The summed E-state index contributed by atoms with van der Waals surface area (Å²) >= 11 is 6.17. The summed E-state index contributed by atoms with van der Waals surface area (Å²) in [5, 5.41) is 3.11. The first-order valence-electron chi connectivity index (χ1n) is 11.0. The fraction of sp³-hybridized carbons (Fsp3) is 0.269. The molecule has 1 atom stereocenters. The smallest absolute Gasteiger partial charge is 0.243 e. The van der Waals surface area contributed by atoms with Gasteiger partial charge in [-0.2, -0.15) is 4.31 Å². The minimum absolute atomic E-state index is 0.000780. The molecule has 0 heterocycles. The lowest BCUT2D eigenvalue weighted by Gasteiger charge is -2.23. The molecule has 3 rings (SSSR count). The molecule has 34 heavy (non-hydrogen) atoms. The van der Waals surface area contributed by atoms with E-state index in [1.165, 1.54) is 35.2 Å². The minimum Gasteiger partial charge on any atom is -0.495 e. The molecule has 3 aromatic rings. The van der Waals surface area contributed by atoms with Gasteiger partial charge in [0.2, 0.25) is 15.9 Å². The van der Waals surface area contributed by atoms with Gasteiger partial charge in [-0.1, -0.05) is 72.3 Å². The van der Waals surface area contributed by atoms with Gasteiger partial charge in [-0.15, -0.1) is 0 Å². The topological polar surface area (TPSA) is 75.7 Å². The Morgan fingerprint density at radius 3 is 2.21 bits per heavy atom. The second-order valence-corrected chi connectivity index (χ2v) is 10.4. The molecule has 0 saturated carbocycles. The van der Waals surface area contributed by atoms with Crippen molar-refractivity contribution >= 4 is 27.5 Å². The predicted molar refractivity (Wildman–Crippen MR) is 134 cm³/mol. The maximum absolute atomic E-state index is 13.5. The van der Waals surface area contributed by atoms with Crippen LogP contribution in [0.1, 0.15) is 24.5 Å². The summed E-state index contributed by atoms with van der Waals surface area (Å²) in [6, 6.07) is 23.3. The number of carbonyl (C=O) groups is 1. The summed E-state index contributed by atoms with van der Waals surface area (Å²) < 4.78 is 33.2. The molecule has 0 aliphatic heterocycles. The van der Waals surface area contributed by atoms with Crippen LogP contribution < -0.4 is 10.1 Å². The zero-order valence-electron chi connectivity index (χ0n) is 19.3. The molecule has 0 radical (unpaired) electrons. The monoisotopic (exact) mass is 500 g/mol. The van der Waals surface area contributed by atoms with E-state index in [1.807, 2.05) is 67.6 Å². The number of sulfonamides is 1. The fourth-order valence-corrected chi connectivity index (χ4v) is 5.28. The Labute approximate surface area is 206 Å². The van der Waals surface area contributed by atoms with Gasteiger partial charge in [0.05, 0.1) is 23.6 Å². The highest BCUT2D eigenvalue weighted by Gasteiger charge is 2.28. The number of halogens is 1. The van der Waals surface area contributed by atoms with E-state index < -0.39 is 10.0 Å². The van der Waals surface area contributed by atoms with Gasteiger partial charge in [0.15, 0.2) is 0 Å². The normalized spacial score (nSPS) is 12.4. The van der Waals surface area contributed by atoms with Crippen LogP contribution >= 0.6 is 11.6 Å². The molecular formula is C26H29ClN2O4S. The van der Waals surface area contributed by atoms with Gasteiger partial charge in [-0.05, 0) is 49.1 Å². The van der Waals surface area contributed by atoms with Crippen molar-refractivity contribution < 1.29 is 17.9 Å². The summed E-state index contributed by atoms with van der Waals surface area (Å²) in [7, 11) is -2.54. The van der Waals surface area contributed by atoms with Crippen molar-refractivity contribution in [1.29, 1.82) is 0 Å². The second kappa shape index (κ2) is 12.0. The zero-order chi connectivity index (χ0) is 24.6. The first-order chi connectivity index (χ1) is 16.3. The number of carbonyl (C=O) groups excluding carboxylic acids is 1. The molecule has 0 aliphatic rings. The maximum Gasteiger partial charge on any atom is 0.243 e. The largest absolute Gasteiger partial charge is 0.495 e. The van der Waals surface area contributed by atoms with Crippen LogP contribution in [0.5, 0.6) is 5.75 Å². The van der Waals surface area contributed by atoms with Gasteiger partial charge >= 0.3 is 0 Å². The highest BCUT2D eigenvalue weighted by molar-refractivity contribution is 7.89. The highest BCUT2D eigenvalue weighted by Crippen LogP contribution is 2.29. The van der Waals surface area contributed by atoms with Crippen molar-refractivity contribution in [1.82, 2.24) is 9.62 Å². The quantitative estimate of drug-likeness (QED) is 0.415. The van der Waals surface area contributed by atoms with Crippen molar-refractivity contribution in [3.05, 3.63) is 95.0 Å². The van der Waals surface area contributed by atoms with Crippen molar-refractivity contribution in [3.8, 4) is 5.75 Å². The SMILES string of the molecule is COc1ccc(S(=O)(=O)N(CC(=O)N[C@H](C)CCc2ccccc2)Cc2ccccc2)cc1Cl. The van der Waals surface area contributed by atoms with Crippen LogP contribution in [-0.4, -0.2) is 38.3 Å². The van der Waals surface area contributed by atoms with Crippen LogP contribution in [0.25, 0.3) is 0 Å². The molecule has 180 valence electrons. The number of hydrogen-bond donors (Lipinski definition) is 1. The van der Waals surface area contributed by atoms with E-state index >= 15 is 0 Å². The molecule has 0 bridgehead atoms. The Balaban J connectivity index is 1.74. The lowest BCUT2D eigenvalue weighted by atomic mass is 10.1. The molecular weight excluding hydrogens is 472 g/mol. The van der Waals surface area contributed by atoms with Gasteiger partial charge in [0.25, 0.3) is 0 Å². The average Bonchev–Trinajstić information content (AvgIpc) is 2.83. The molecule has 3 aromatic carbocycles. The van der Waals surface area contributed by atoms with Gasteiger partial charge in [0.1, 0.15) is 5.75 Å². The Morgan fingerprint density at radius 2 is 1.62 bits per heavy atom. The molecule has 6 nitrogen and oxygen atoms in total. The third-order valence-electron chi connectivity index (χ3n) is 5.40. The molecule has 0 aliphatic carbocycles. The van der Waals surface area contributed by atoms with E-state index in [1.54, 1.807) is 0 Å². The summed E-state index contributed by atoms with van der Waals surface area (Å²) in [6.07, 6.45) is 1.56. The minimum atomic E-state index is -4.00. The van der Waals surface area contributed by atoms with Crippen LogP contribution in [0.2, 0.25) is 5.02 Å².